The first kappa shape index (κ1) is 14.0. The van der Waals surface area contributed by atoms with Crippen molar-refractivity contribution in [2.75, 3.05) is 5.32 Å². The first-order valence-electron chi connectivity index (χ1n) is 5.02. The number of primary amides is 1. The zero-order valence-electron chi connectivity index (χ0n) is 9.88. The highest BCUT2D eigenvalue weighted by atomic mass is 19.1. The Labute approximate surface area is 102 Å². The third-order valence-electron chi connectivity index (χ3n) is 2.16. The molecular weight excluding hydrogens is 244 g/mol. The van der Waals surface area contributed by atoms with E-state index >= 15 is 0 Å². The molecule has 0 aliphatic heterocycles. The van der Waals surface area contributed by atoms with Gasteiger partial charge in [-0.15, -0.1) is 0 Å². The Morgan fingerprint density at radius 1 is 1.22 bits per heavy atom. The molecule has 1 aromatic carbocycles. The van der Waals surface area contributed by atoms with Gasteiger partial charge in [0.05, 0.1) is 16.8 Å². The summed E-state index contributed by atoms with van der Waals surface area (Å²) >= 11 is 0. The van der Waals surface area contributed by atoms with Gasteiger partial charge in [0.1, 0.15) is 11.6 Å². The molecule has 0 unspecified atom stereocenters. The number of hydrogen-bond donors (Lipinski definition) is 3. The molecule has 98 valence electrons. The molecule has 1 aromatic rings. The molecule has 0 saturated carbocycles. The van der Waals surface area contributed by atoms with Crippen LogP contribution in [0.4, 0.5) is 14.5 Å². The zero-order valence-corrected chi connectivity index (χ0v) is 9.88. The normalized spacial score (nSPS) is 11.2. The van der Waals surface area contributed by atoms with Gasteiger partial charge >= 0.3 is 0 Å². The smallest absolute Gasteiger partial charge is 0.251 e. The molecular formula is C11H13F2N3O2. The summed E-state index contributed by atoms with van der Waals surface area (Å²) in [6, 6.07) is 1.30. The van der Waals surface area contributed by atoms with Crippen molar-refractivity contribution in [1.82, 2.24) is 0 Å². The Hall–Kier alpha value is -2.02. The number of halogens is 2. The zero-order chi connectivity index (χ0) is 14.1. The van der Waals surface area contributed by atoms with E-state index in [1.54, 1.807) is 0 Å². The van der Waals surface area contributed by atoms with Crippen molar-refractivity contribution in [3.05, 3.63) is 29.3 Å². The predicted octanol–water partition coefficient (Wildman–Crippen LogP) is 0.739. The monoisotopic (exact) mass is 257 g/mol. The number of hydrogen-bond acceptors (Lipinski definition) is 3. The van der Waals surface area contributed by atoms with Gasteiger partial charge in [-0.3, -0.25) is 9.59 Å². The predicted molar refractivity (Wildman–Crippen MR) is 61.8 cm³/mol. The molecule has 0 bridgehead atoms. The molecule has 0 spiro atoms. The quantitative estimate of drug-likeness (QED) is 0.744. The summed E-state index contributed by atoms with van der Waals surface area (Å²) in [6.07, 6.45) is 0. The molecule has 2 amide bonds. The van der Waals surface area contributed by atoms with Crippen LogP contribution in [0, 0.1) is 11.6 Å². The maximum Gasteiger partial charge on any atom is 0.251 e. The Bertz CT molecular complexity index is 510. The lowest BCUT2D eigenvalue weighted by Crippen LogP contribution is -2.45. The van der Waals surface area contributed by atoms with Crippen LogP contribution in [-0.2, 0) is 4.79 Å². The van der Waals surface area contributed by atoms with Crippen molar-refractivity contribution < 1.29 is 18.4 Å². The fraction of sp³-hybridized carbons (Fsp3) is 0.273. The van der Waals surface area contributed by atoms with Gasteiger partial charge in [0, 0.05) is 6.07 Å². The van der Waals surface area contributed by atoms with Gasteiger partial charge in [-0.05, 0) is 19.9 Å². The van der Waals surface area contributed by atoms with Crippen molar-refractivity contribution in [2.45, 2.75) is 19.4 Å². The van der Waals surface area contributed by atoms with Gasteiger partial charge in [0.2, 0.25) is 5.91 Å². The van der Waals surface area contributed by atoms with Crippen LogP contribution in [-0.4, -0.2) is 17.4 Å². The van der Waals surface area contributed by atoms with Crippen molar-refractivity contribution in [1.29, 1.82) is 0 Å². The van der Waals surface area contributed by atoms with E-state index in [4.69, 9.17) is 11.5 Å². The van der Waals surface area contributed by atoms with Crippen molar-refractivity contribution >= 4 is 17.5 Å². The Morgan fingerprint density at radius 3 is 2.22 bits per heavy atom. The minimum absolute atomic E-state index is 0.353. The molecule has 0 aliphatic carbocycles. The fourth-order valence-corrected chi connectivity index (χ4v) is 1.12. The van der Waals surface area contributed by atoms with Gasteiger partial charge in [0.15, 0.2) is 0 Å². The molecule has 5 N–H and O–H groups in total. The van der Waals surface area contributed by atoms with Crippen LogP contribution in [0.15, 0.2) is 12.1 Å². The number of nitrogens with one attached hydrogen (secondary N) is 1. The third-order valence-corrected chi connectivity index (χ3v) is 2.16. The van der Waals surface area contributed by atoms with Crippen LogP contribution in [0.25, 0.3) is 0 Å². The van der Waals surface area contributed by atoms with Crippen LogP contribution < -0.4 is 16.8 Å². The molecule has 0 radical (unpaired) electrons. The van der Waals surface area contributed by atoms with Gasteiger partial charge in [0.25, 0.3) is 5.91 Å². The first-order valence-corrected chi connectivity index (χ1v) is 5.02. The minimum Gasteiger partial charge on any atom is -0.366 e. The van der Waals surface area contributed by atoms with E-state index in [1.165, 1.54) is 13.8 Å². The number of rotatable bonds is 3. The summed E-state index contributed by atoms with van der Waals surface area (Å²) in [5.41, 5.74) is 8.31. The Morgan fingerprint density at radius 2 is 1.78 bits per heavy atom. The lowest BCUT2D eigenvalue weighted by molar-refractivity contribution is -0.120. The first-order chi connectivity index (χ1) is 8.12. The van der Waals surface area contributed by atoms with Crippen LogP contribution in [0.3, 0.4) is 0 Å². The van der Waals surface area contributed by atoms with E-state index < -0.39 is 34.6 Å². The van der Waals surface area contributed by atoms with Crippen LogP contribution in [0.1, 0.15) is 24.2 Å². The number of benzene rings is 1. The van der Waals surface area contributed by atoms with Crippen molar-refractivity contribution in [2.24, 2.45) is 11.5 Å². The van der Waals surface area contributed by atoms with E-state index in [9.17, 15) is 18.4 Å². The van der Waals surface area contributed by atoms with Crippen LogP contribution >= 0.6 is 0 Å². The molecule has 7 heteroatoms. The second-order valence-corrected chi connectivity index (χ2v) is 4.35. The average Bonchev–Trinajstić information content (AvgIpc) is 2.19. The summed E-state index contributed by atoms with van der Waals surface area (Å²) in [7, 11) is 0. The summed E-state index contributed by atoms with van der Waals surface area (Å²) in [5, 5.41) is 2.16. The van der Waals surface area contributed by atoms with E-state index in [0.29, 0.717) is 6.07 Å². The lowest BCUT2D eigenvalue weighted by atomic mass is 10.1. The molecule has 1 rings (SSSR count). The van der Waals surface area contributed by atoms with Gasteiger partial charge < -0.3 is 16.8 Å². The van der Waals surface area contributed by atoms with E-state index in [1.807, 2.05) is 0 Å². The number of anilines is 1. The number of nitrogens with two attached hydrogens (primary N) is 2. The van der Waals surface area contributed by atoms with Crippen molar-refractivity contribution in [3.8, 4) is 0 Å². The summed E-state index contributed by atoms with van der Waals surface area (Å²) in [4.78, 5) is 22.4. The van der Waals surface area contributed by atoms with Gasteiger partial charge in [-0.1, -0.05) is 0 Å². The SMILES string of the molecule is CC(C)(N)C(=O)Nc1cc(C(N)=O)c(F)cc1F. The molecule has 5 nitrogen and oxygen atoms in total. The van der Waals surface area contributed by atoms with Crippen molar-refractivity contribution in [3.63, 3.8) is 0 Å². The molecule has 0 heterocycles. The molecule has 0 atom stereocenters. The maximum absolute atomic E-state index is 13.4. The van der Waals surface area contributed by atoms with Crippen LogP contribution in [0.2, 0.25) is 0 Å². The lowest BCUT2D eigenvalue weighted by Gasteiger charge is -2.18. The highest BCUT2D eigenvalue weighted by Gasteiger charge is 2.24. The summed E-state index contributed by atoms with van der Waals surface area (Å²) < 4.78 is 26.6. The summed E-state index contributed by atoms with van der Waals surface area (Å²) in [6.45, 7) is 2.83. The van der Waals surface area contributed by atoms with Crippen LogP contribution in [0.5, 0.6) is 0 Å². The Balaban J connectivity index is 3.14. The molecule has 0 aromatic heterocycles. The average molecular weight is 257 g/mol. The van der Waals surface area contributed by atoms with E-state index in [-0.39, 0.29) is 5.69 Å². The Kier molecular flexibility index (Phi) is 3.66. The highest BCUT2D eigenvalue weighted by Crippen LogP contribution is 2.20. The second kappa shape index (κ2) is 4.69. The van der Waals surface area contributed by atoms with Gasteiger partial charge in [-0.2, -0.15) is 0 Å². The molecule has 0 aliphatic rings. The largest absolute Gasteiger partial charge is 0.366 e. The highest BCUT2D eigenvalue weighted by molar-refractivity contribution is 5.99. The second-order valence-electron chi connectivity index (χ2n) is 4.35. The molecule has 0 fully saturated rings. The minimum atomic E-state index is -1.24. The fourth-order valence-electron chi connectivity index (χ4n) is 1.12. The van der Waals surface area contributed by atoms with E-state index in [0.717, 1.165) is 6.07 Å². The third kappa shape index (κ3) is 3.01. The maximum atomic E-state index is 13.4. The summed E-state index contributed by atoms with van der Waals surface area (Å²) in [5.74, 6) is -3.85. The number of amides is 2. The van der Waals surface area contributed by atoms with Gasteiger partial charge in [-0.25, -0.2) is 8.78 Å². The molecule has 18 heavy (non-hydrogen) atoms. The number of carbonyl (C=O) groups is 2. The topological polar surface area (TPSA) is 98.2 Å². The molecule has 0 saturated heterocycles. The number of carbonyl (C=O) groups excluding carboxylic acids is 2. The standard InChI is InChI=1S/C11H13F2N3O2/c1-11(2,15)10(18)16-8-3-5(9(14)17)6(12)4-7(8)13/h3-4H,15H2,1-2H3,(H2,14,17)(H,16,18). The van der Waals surface area contributed by atoms with E-state index in [2.05, 4.69) is 5.32 Å².